The fraction of sp³-hybridized carbons (Fsp3) is 0.188. The summed E-state index contributed by atoms with van der Waals surface area (Å²) in [4.78, 5) is 12.1. The molecule has 0 aliphatic carbocycles. The molecule has 3 aromatic rings. The minimum Gasteiger partial charge on any atom is -0.279 e. The largest absolute Gasteiger partial charge is 0.279 e. The van der Waals surface area contributed by atoms with Crippen LogP contribution in [0.2, 0.25) is 0 Å². The Morgan fingerprint density at radius 3 is 2.36 bits per heavy atom. The molecule has 0 aliphatic heterocycles. The number of benzene rings is 1. The summed E-state index contributed by atoms with van der Waals surface area (Å²) >= 11 is 0. The Labute approximate surface area is 125 Å². The van der Waals surface area contributed by atoms with Crippen molar-refractivity contribution >= 4 is 5.65 Å². The zero-order valence-corrected chi connectivity index (χ0v) is 12.2. The van der Waals surface area contributed by atoms with Crippen LogP contribution in [0.1, 0.15) is 11.1 Å². The molecule has 0 radical (unpaired) electrons. The second-order valence-corrected chi connectivity index (χ2v) is 4.75. The first-order valence-electron chi connectivity index (χ1n) is 6.57. The lowest BCUT2D eigenvalue weighted by molar-refractivity contribution is 0.295. The number of hydrogen-bond donors (Lipinski definition) is 0. The molecule has 0 saturated heterocycles. The number of alkyl halides is 2. The van der Waals surface area contributed by atoms with Crippen molar-refractivity contribution in [2.45, 2.75) is 13.8 Å². The van der Waals surface area contributed by atoms with E-state index in [2.05, 4.69) is 0 Å². The summed E-state index contributed by atoms with van der Waals surface area (Å²) in [6.45, 7) is 2.25. The third-order valence-corrected chi connectivity index (χ3v) is 3.40. The Kier molecular flexibility index (Phi) is 4.70. The van der Waals surface area contributed by atoms with E-state index >= 15 is 0 Å². The van der Waals surface area contributed by atoms with E-state index in [4.69, 9.17) is 0 Å². The quantitative estimate of drug-likeness (QED) is 0.629. The first-order valence-corrected chi connectivity index (χ1v) is 6.57. The Hall–Kier alpha value is -2.50. The van der Waals surface area contributed by atoms with Crippen LogP contribution in [0.25, 0.3) is 11.3 Å². The molecule has 0 fully saturated rings. The highest BCUT2D eigenvalue weighted by molar-refractivity contribution is 5.51. The third kappa shape index (κ3) is 2.90. The van der Waals surface area contributed by atoms with Crippen molar-refractivity contribution in [1.29, 1.82) is 0 Å². The monoisotopic (exact) mass is 308 g/mol. The molecule has 3 nitrogen and oxygen atoms in total. The van der Waals surface area contributed by atoms with E-state index in [-0.39, 0.29) is 5.56 Å². The van der Waals surface area contributed by atoms with E-state index < -0.39 is 12.9 Å². The normalized spacial score (nSPS) is 10.4. The highest BCUT2D eigenvalue weighted by atomic mass is 19.3. The maximum Gasteiger partial charge on any atom is 0.261 e. The van der Waals surface area contributed by atoms with Gasteiger partial charge in [0.1, 0.15) is 5.65 Å². The third-order valence-electron chi connectivity index (χ3n) is 3.40. The zero-order chi connectivity index (χ0) is 16.3. The van der Waals surface area contributed by atoms with E-state index in [1.54, 1.807) is 18.3 Å². The average molecular weight is 308 g/mol. The molecule has 0 bridgehead atoms. The van der Waals surface area contributed by atoms with Gasteiger partial charge in [-0.2, -0.15) is 4.39 Å². The Morgan fingerprint density at radius 2 is 1.73 bits per heavy atom. The number of aromatic nitrogens is 2. The van der Waals surface area contributed by atoms with Crippen molar-refractivity contribution in [3.8, 4) is 5.69 Å². The lowest BCUT2D eigenvalue weighted by Gasteiger charge is -2.11. The van der Waals surface area contributed by atoms with Crippen molar-refractivity contribution in [2.75, 3.05) is 6.93 Å². The van der Waals surface area contributed by atoms with Gasteiger partial charge in [0.25, 0.3) is 5.56 Å². The lowest BCUT2D eigenvalue weighted by Crippen LogP contribution is -2.21. The summed E-state index contributed by atoms with van der Waals surface area (Å²) in [6.07, 6.45) is 1.60. The van der Waals surface area contributed by atoms with Gasteiger partial charge in [-0.3, -0.25) is 13.8 Å². The minimum absolute atomic E-state index is 0.369. The summed E-state index contributed by atoms with van der Waals surface area (Å²) in [5.41, 5.74) is 3.15. The molecule has 0 amide bonds. The van der Waals surface area contributed by atoms with Crippen LogP contribution >= 0.6 is 0 Å². The van der Waals surface area contributed by atoms with Crippen LogP contribution in [0.15, 0.2) is 47.4 Å². The van der Waals surface area contributed by atoms with Crippen molar-refractivity contribution in [2.24, 2.45) is 0 Å². The molecule has 0 spiro atoms. The predicted octanol–water partition coefficient (Wildman–Crippen LogP) is 3.73. The van der Waals surface area contributed by atoms with Crippen LogP contribution in [-0.4, -0.2) is 15.9 Å². The molecule has 22 heavy (non-hydrogen) atoms. The van der Waals surface area contributed by atoms with Crippen LogP contribution in [-0.2, 0) is 0 Å². The highest BCUT2D eigenvalue weighted by Crippen LogP contribution is 2.16. The molecule has 0 saturated carbocycles. The van der Waals surface area contributed by atoms with Gasteiger partial charge < -0.3 is 0 Å². The van der Waals surface area contributed by atoms with Crippen LogP contribution in [0, 0.1) is 19.8 Å². The van der Waals surface area contributed by atoms with E-state index in [1.807, 2.05) is 32.0 Å². The van der Waals surface area contributed by atoms with E-state index in [9.17, 15) is 18.0 Å². The summed E-state index contributed by atoms with van der Waals surface area (Å²) in [7, 11) is 0. The average Bonchev–Trinajstić information content (AvgIpc) is 2.93. The lowest BCUT2D eigenvalue weighted by atomic mass is 10.1. The van der Waals surface area contributed by atoms with Gasteiger partial charge in [0.05, 0.1) is 11.8 Å². The van der Waals surface area contributed by atoms with Crippen LogP contribution in [0.4, 0.5) is 13.2 Å². The number of rotatable bonds is 1. The summed E-state index contributed by atoms with van der Waals surface area (Å²) < 4.78 is 35.8. The standard InChI is InChI=1S/C15H13FN2O.CH2F2/c1-10-5-6-12(8-11(10)2)18-14-4-3-7-17(14)13(16)9-15(18)19;2-1-3/h3-9H,1-2H3;1H2. The molecule has 0 atom stereocenters. The van der Waals surface area contributed by atoms with Gasteiger partial charge in [-0.25, -0.2) is 8.78 Å². The number of fused-ring (bicyclic) bond motifs is 1. The van der Waals surface area contributed by atoms with Gasteiger partial charge >= 0.3 is 0 Å². The van der Waals surface area contributed by atoms with E-state index in [0.29, 0.717) is 5.65 Å². The second-order valence-electron chi connectivity index (χ2n) is 4.75. The maximum atomic E-state index is 13.7. The second kappa shape index (κ2) is 6.51. The molecular formula is C16H15F3N2O. The van der Waals surface area contributed by atoms with Gasteiger partial charge in [0.15, 0.2) is 0 Å². The minimum atomic E-state index is -1.75. The van der Waals surface area contributed by atoms with Gasteiger partial charge in [-0.1, -0.05) is 6.07 Å². The Balaban J connectivity index is 0.000000545. The molecule has 116 valence electrons. The van der Waals surface area contributed by atoms with Crippen molar-refractivity contribution in [1.82, 2.24) is 8.97 Å². The molecule has 2 heterocycles. The molecule has 0 aliphatic rings. The number of nitrogens with zero attached hydrogens (tertiary/aromatic N) is 2. The van der Waals surface area contributed by atoms with Gasteiger partial charge in [-0.15, -0.1) is 0 Å². The van der Waals surface area contributed by atoms with Gasteiger partial charge in [-0.05, 0) is 49.2 Å². The molecule has 3 rings (SSSR count). The summed E-state index contributed by atoms with van der Waals surface area (Å²) in [5, 5.41) is 0. The number of halogens is 3. The van der Waals surface area contributed by atoms with Crippen LogP contribution < -0.4 is 5.56 Å². The van der Waals surface area contributed by atoms with Gasteiger partial charge in [0.2, 0.25) is 12.9 Å². The molecule has 0 N–H and O–H groups in total. The number of hydrogen-bond acceptors (Lipinski definition) is 1. The van der Waals surface area contributed by atoms with Crippen LogP contribution in [0.3, 0.4) is 0 Å². The Morgan fingerprint density at radius 1 is 1.05 bits per heavy atom. The van der Waals surface area contributed by atoms with Crippen molar-refractivity contribution < 1.29 is 13.2 Å². The van der Waals surface area contributed by atoms with Crippen molar-refractivity contribution in [3.63, 3.8) is 0 Å². The molecule has 1 aromatic carbocycles. The predicted molar refractivity (Wildman–Crippen MR) is 79.5 cm³/mol. The molecule has 0 unspecified atom stereocenters. The highest BCUT2D eigenvalue weighted by Gasteiger charge is 2.10. The number of aryl methyl sites for hydroxylation is 2. The fourth-order valence-corrected chi connectivity index (χ4v) is 2.21. The van der Waals surface area contributed by atoms with Gasteiger partial charge in [0, 0.05) is 6.20 Å². The van der Waals surface area contributed by atoms with E-state index in [1.165, 1.54) is 8.97 Å². The topological polar surface area (TPSA) is 26.4 Å². The van der Waals surface area contributed by atoms with E-state index in [0.717, 1.165) is 22.9 Å². The molecule has 6 heteroatoms. The summed E-state index contributed by atoms with van der Waals surface area (Å²) in [5.74, 6) is -0.551. The fourth-order valence-electron chi connectivity index (χ4n) is 2.21. The van der Waals surface area contributed by atoms with Crippen LogP contribution in [0.5, 0.6) is 0 Å². The SMILES string of the molecule is Cc1ccc(-n2c(=O)cc(F)n3cccc23)cc1C.FCF. The first kappa shape index (κ1) is 15.9. The molecular weight excluding hydrogens is 293 g/mol. The zero-order valence-electron chi connectivity index (χ0n) is 12.2. The first-order chi connectivity index (χ1) is 10.5. The molecule has 2 aromatic heterocycles. The van der Waals surface area contributed by atoms with Crippen molar-refractivity contribution in [3.05, 3.63) is 70.0 Å². The maximum absolute atomic E-state index is 13.7. The Bertz CT molecular complexity index is 852. The summed E-state index contributed by atoms with van der Waals surface area (Å²) in [6, 6.07) is 10.2. The smallest absolute Gasteiger partial charge is 0.261 e.